The predicted octanol–water partition coefficient (Wildman–Crippen LogP) is 3.36. The molecule has 0 fully saturated rings. The second-order valence-corrected chi connectivity index (χ2v) is 5.61. The molecule has 0 atom stereocenters. The summed E-state index contributed by atoms with van der Waals surface area (Å²) in [5.41, 5.74) is 2.59. The van der Waals surface area contributed by atoms with Gasteiger partial charge >= 0.3 is 5.82 Å². The third-order valence-electron chi connectivity index (χ3n) is 3.24. The maximum absolute atomic E-state index is 12.4. The van der Waals surface area contributed by atoms with Gasteiger partial charge < -0.3 is 10.1 Å². The second kappa shape index (κ2) is 5.77. The van der Waals surface area contributed by atoms with Crippen LogP contribution in [0.4, 0.5) is 5.82 Å². The molecule has 110 valence electrons. The van der Waals surface area contributed by atoms with Crippen LogP contribution >= 0.6 is 15.9 Å². The lowest BCUT2D eigenvalue weighted by Crippen LogP contribution is -2.13. The molecule has 0 aliphatic rings. The van der Waals surface area contributed by atoms with Crippen LogP contribution in [0.25, 0.3) is 0 Å². The van der Waals surface area contributed by atoms with Gasteiger partial charge in [0.15, 0.2) is 10.4 Å². The van der Waals surface area contributed by atoms with Crippen molar-refractivity contribution in [2.75, 3.05) is 0 Å². The number of halogens is 1. The lowest BCUT2D eigenvalue weighted by Gasteiger charge is -2.07. The SMILES string of the molecule is Cc1ccc(C(=O)Cn2c(C)nc([N+](=O)[O-])c2Br)c(C)c1. The lowest BCUT2D eigenvalue weighted by atomic mass is 10.0. The van der Waals surface area contributed by atoms with Gasteiger partial charge in [-0.2, -0.15) is 0 Å². The van der Waals surface area contributed by atoms with Gasteiger partial charge in [0.1, 0.15) is 0 Å². The molecule has 0 amide bonds. The average molecular weight is 352 g/mol. The van der Waals surface area contributed by atoms with E-state index in [2.05, 4.69) is 20.9 Å². The number of carbonyl (C=O) groups is 1. The van der Waals surface area contributed by atoms with E-state index >= 15 is 0 Å². The van der Waals surface area contributed by atoms with E-state index < -0.39 is 4.92 Å². The van der Waals surface area contributed by atoms with Gasteiger partial charge in [-0.05, 0) is 45.2 Å². The highest BCUT2D eigenvalue weighted by Gasteiger charge is 2.25. The minimum atomic E-state index is -0.574. The third kappa shape index (κ3) is 3.02. The number of benzene rings is 1. The molecule has 0 saturated carbocycles. The summed E-state index contributed by atoms with van der Waals surface area (Å²) in [5, 5.41) is 10.8. The molecule has 2 rings (SSSR count). The third-order valence-corrected chi connectivity index (χ3v) is 4.02. The zero-order chi connectivity index (χ0) is 15.7. The van der Waals surface area contributed by atoms with Gasteiger partial charge in [0, 0.05) is 12.5 Å². The van der Waals surface area contributed by atoms with Crippen molar-refractivity contribution >= 4 is 27.5 Å². The van der Waals surface area contributed by atoms with Crippen molar-refractivity contribution in [1.82, 2.24) is 9.55 Å². The molecule has 1 aromatic heterocycles. The first-order valence-corrected chi connectivity index (χ1v) is 7.08. The molecule has 0 spiro atoms. The molecule has 0 aliphatic heterocycles. The van der Waals surface area contributed by atoms with Crippen molar-refractivity contribution in [3.05, 3.63) is 55.4 Å². The summed E-state index contributed by atoms with van der Waals surface area (Å²) in [4.78, 5) is 26.5. The molecule has 0 bridgehead atoms. The molecule has 0 radical (unpaired) electrons. The van der Waals surface area contributed by atoms with Crippen molar-refractivity contribution in [2.45, 2.75) is 27.3 Å². The summed E-state index contributed by atoms with van der Waals surface area (Å²) in [6.07, 6.45) is 0. The van der Waals surface area contributed by atoms with Crippen LogP contribution in [0, 0.1) is 30.9 Å². The largest absolute Gasteiger partial charge is 0.396 e. The molecular weight excluding hydrogens is 338 g/mol. The van der Waals surface area contributed by atoms with E-state index in [4.69, 9.17) is 0 Å². The maximum atomic E-state index is 12.4. The van der Waals surface area contributed by atoms with Crippen molar-refractivity contribution in [2.24, 2.45) is 0 Å². The topological polar surface area (TPSA) is 78.0 Å². The van der Waals surface area contributed by atoms with Gasteiger partial charge in [-0.25, -0.2) is 0 Å². The van der Waals surface area contributed by atoms with Gasteiger partial charge in [0.05, 0.1) is 6.54 Å². The molecule has 6 nitrogen and oxygen atoms in total. The number of hydrogen-bond acceptors (Lipinski definition) is 4. The van der Waals surface area contributed by atoms with Crippen LogP contribution in [0.1, 0.15) is 27.3 Å². The number of rotatable bonds is 4. The quantitative estimate of drug-likeness (QED) is 0.480. The Labute approximate surface area is 130 Å². The minimum Gasteiger partial charge on any atom is -0.358 e. The fourth-order valence-electron chi connectivity index (χ4n) is 2.18. The molecule has 7 heteroatoms. The van der Waals surface area contributed by atoms with Crippen LogP contribution in [0.2, 0.25) is 0 Å². The van der Waals surface area contributed by atoms with Crippen molar-refractivity contribution in [3.63, 3.8) is 0 Å². The van der Waals surface area contributed by atoms with Gasteiger partial charge in [0.25, 0.3) is 0 Å². The Hall–Kier alpha value is -2.02. The van der Waals surface area contributed by atoms with Crippen LogP contribution in [0.5, 0.6) is 0 Å². The summed E-state index contributed by atoms with van der Waals surface area (Å²) < 4.78 is 1.71. The van der Waals surface area contributed by atoms with Crippen molar-refractivity contribution in [1.29, 1.82) is 0 Å². The first-order valence-electron chi connectivity index (χ1n) is 6.28. The fourth-order valence-corrected chi connectivity index (χ4v) is 2.79. The second-order valence-electron chi connectivity index (χ2n) is 4.86. The van der Waals surface area contributed by atoms with E-state index in [9.17, 15) is 14.9 Å². The molecule has 1 heterocycles. The highest BCUT2D eigenvalue weighted by atomic mass is 79.9. The molecule has 0 N–H and O–H groups in total. The summed E-state index contributed by atoms with van der Waals surface area (Å²) >= 11 is 3.14. The number of carbonyl (C=O) groups excluding carboxylic acids is 1. The Kier molecular flexibility index (Phi) is 4.22. The van der Waals surface area contributed by atoms with E-state index in [0.717, 1.165) is 11.1 Å². The molecule has 1 aromatic carbocycles. The number of aryl methyl sites for hydroxylation is 3. The lowest BCUT2D eigenvalue weighted by molar-refractivity contribution is -0.390. The number of imidazole rings is 1. The van der Waals surface area contributed by atoms with E-state index in [1.165, 1.54) is 4.57 Å². The summed E-state index contributed by atoms with van der Waals surface area (Å²) in [6.45, 7) is 5.48. The van der Waals surface area contributed by atoms with Crippen LogP contribution in [-0.2, 0) is 6.54 Å². The molecule has 21 heavy (non-hydrogen) atoms. The Balaban J connectivity index is 2.34. The van der Waals surface area contributed by atoms with E-state index in [1.807, 2.05) is 26.0 Å². The van der Waals surface area contributed by atoms with Crippen LogP contribution < -0.4 is 0 Å². The van der Waals surface area contributed by atoms with E-state index in [1.54, 1.807) is 13.0 Å². The standard InChI is InChI=1S/C14H14BrN3O3/c1-8-4-5-11(9(2)6-8)12(19)7-17-10(3)16-14(13(17)15)18(20)21/h4-6H,7H2,1-3H3. The Morgan fingerprint density at radius 2 is 2.05 bits per heavy atom. The average Bonchev–Trinajstić information content (AvgIpc) is 2.66. The van der Waals surface area contributed by atoms with Crippen molar-refractivity contribution < 1.29 is 9.72 Å². The summed E-state index contributed by atoms with van der Waals surface area (Å²) in [5.74, 6) is 0.0382. The molecule has 0 saturated heterocycles. The Morgan fingerprint density at radius 3 is 2.57 bits per heavy atom. The number of nitro groups is 1. The molecule has 0 aliphatic carbocycles. The van der Waals surface area contributed by atoms with Crippen LogP contribution in [0.15, 0.2) is 22.8 Å². The monoisotopic (exact) mass is 351 g/mol. The number of hydrogen-bond donors (Lipinski definition) is 0. The van der Waals surface area contributed by atoms with Crippen LogP contribution in [0.3, 0.4) is 0 Å². The Morgan fingerprint density at radius 1 is 1.38 bits per heavy atom. The van der Waals surface area contributed by atoms with Gasteiger partial charge in [0.2, 0.25) is 5.82 Å². The van der Waals surface area contributed by atoms with Gasteiger partial charge in [-0.15, -0.1) is 0 Å². The first kappa shape index (κ1) is 15.4. The van der Waals surface area contributed by atoms with Crippen LogP contribution in [-0.4, -0.2) is 20.3 Å². The number of Topliss-reactive ketones (excluding diaryl/α,β-unsaturated/α-hetero) is 1. The van der Waals surface area contributed by atoms with Gasteiger partial charge in [-0.3, -0.25) is 9.36 Å². The molecular formula is C14H14BrN3O3. The van der Waals surface area contributed by atoms with E-state index in [-0.39, 0.29) is 22.7 Å². The molecule has 2 aromatic rings. The fraction of sp³-hybridized carbons (Fsp3) is 0.286. The van der Waals surface area contributed by atoms with Crippen molar-refractivity contribution in [3.8, 4) is 0 Å². The maximum Gasteiger partial charge on any atom is 0.396 e. The van der Waals surface area contributed by atoms with E-state index in [0.29, 0.717) is 11.4 Å². The summed E-state index contributed by atoms with van der Waals surface area (Å²) in [7, 11) is 0. The minimum absolute atomic E-state index is 0.0111. The predicted molar refractivity (Wildman–Crippen MR) is 81.6 cm³/mol. The normalized spacial score (nSPS) is 10.7. The summed E-state index contributed by atoms with van der Waals surface area (Å²) in [6, 6.07) is 5.59. The number of aromatic nitrogens is 2. The zero-order valence-electron chi connectivity index (χ0n) is 11.9. The highest BCUT2D eigenvalue weighted by Crippen LogP contribution is 2.25. The first-order chi connectivity index (χ1) is 9.81. The molecule has 0 unspecified atom stereocenters. The number of nitrogens with zero attached hydrogens (tertiary/aromatic N) is 3. The zero-order valence-corrected chi connectivity index (χ0v) is 13.5. The smallest absolute Gasteiger partial charge is 0.358 e. The Bertz CT molecular complexity index is 737. The van der Waals surface area contributed by atoms with Gasteiger partial charge in [-0.1, -0.05) is 23.8 Å². The highest BCUT2D eigenvalue weighted by molar-refractivity contribution is 9.10. The number of ketones is 1.